The van der Waals surface area contributed by atoms with E-state index in [9.17, 15) is 14.7 Å². The van der Waals surface area contributed by atoms with Gasteiger partial charge in [0.15, 0.2) is 5.76 Å². The van der Waals surface area contributed by atoms with E-state index in [1.165, 1.54) is 4.90 Å². The summed E-state index contributed by atoms with van der Waals surface area (Å²) in [6.45, 7) is 4.48. The van der Waals surface area contributed by atoms with Gasteiger partial charge in [-0.2, -0.15) is 0 Å². The first-order valence-electron chi connectivity index (χ1n) is 7.23. The van der Waals surface area contributed by atoms with Crippen LogP contribution in [0, 0.1) is 0 Å². The lowest BCUT2D eigenvalue weighted by molar-refractivity contribution is -0.143. The van der Waals surface area contributed by atoms with E-state index in [0.717, 1.165) is 37.0 Å². The second kappa shape index (κ2) is 6.11. The quantitative estimate of drug-likeness (QED) is 0.919. The molecule has 1 aromatic rings. The van der Waals surface area contributed by atoms with Crippen LogP contribution in [-0.4, -0.2) is 34.5 Å². The Morgan fingerprint density at radius 2 is 2.10 bits per heavy atom. The van der Waals surface area contributed by atoms with Crippen LogP contribution in [0.1, 0.15) is 55.0 Å². The van der Waals surface area contributed by atoms with Crippen molar-refractivity contribution in [3.63, 3.8) is 0 Å². The zero-order chi connectivity index (χ0) is 14.7. The molecule has 0 aromatic carbocycles. The van der Waals surface area contributed by atoms with Gasteiger partial charge in [-0.25, -0.2) is 4.79 Å². The summed E-state index contributed by atoms with van der Waals surface area (Å²) in [5.74, 6) is -0.144. The zero-order valence-electron chi connectivity index (χ0n) is 12.0. The van der Waals surface area contributed by atoms with E-state index in [2.05, 4.69) is 0 Å². The number of carbonyl (C=O) groups excluding carboxylic acids is 1. The van der Waals surface area contributed by atoms with Crippen molar-refractivity contribution in [3.8, 4) is 0 Å². The van der Waals surface area contributed by atoms with E-state index in [0.29, 0.717) is 13.0 Å². The Hall–Kier alpha value is -1.78. The van der Waals surface area contributed by atoms with Gasteiger partial charge in [0.2, 0.25) is 0 Å². The van der Waals surface area contributed by atoms with Crippen molar-refractivity contribution in [1.29, 1.82) is 0 Å². The molecule has 1 aliphatic heterocycles. The molecule has 1 atom stereocenters. The van der Waals surface area contributed by atoms with E-state index in [4.69, 9.17) is 4.42 Å². The Labute approximate surface area is 118 Å². The summed E-state index contributed by atoms with van der Waals surface area (Å²) in [6, 6.07) is 1.03. The van der Waals surface area contributed by atoms with Crippen LogP contribution >= 0.6 is 0 Å². The maximum absolute atomic E-state index is 12.5. The van der Waals surface area contributed by atoms with Crippen LogP contribution in [0.15, 0.2) is 10.5 Å². The van der Waals surface area contributed by atoms with Crippen molar-refractivity contribution in [2.45, 2.75) is 52.0 Å². The number of carboxylic acid groups (broad SMARTS) is 1. The minimum Gasteiger partial charge on any atom is -0.480 e. The van der Waals surface area contributed by atoms with Gasteiger partial charge in [0.25, 0.3) is 5.91 Å². The van der Waals surface area contributed by atoms with Crippen molar-refractivity contribution < 1.29 is 19.1 Å². The zero-order valence-corrected chi connectivity index (χ0v) is 12.0. The summed E-state index contributed by atoms with van der Waals surface area (Å²) in [6.07, 6.45) is 3.75. The lowest BCUT2D eigenvalue weighted by atomic mass is 10.0. The van der Waals surface area contributed by atoms with E-state index in [1.807, 2.05) is 13.8 Å². The second-order valence-electron chi connectivity index (χ2n) is 5.11. The molecule has 1 N–H and O–H groups in total. The Balaban J connectivity index is 2.25. The summed E-state index contributed by atoms with van der Waals surface area (Å²) in [4.78, 5) is 25.2. The lowest BCUT2D eigenvalue weighted by Crippen LogP contribution is -2.47. The summed E-state index contributed by atoms with van der Waals surface area (Å²) in [7, 11) is 0. The van der Waals surface area contributed by atoms with Crippen LogP contribution in [0.4, 0.5) is 0 Å². The number of hydrogen-bond donors (Lipinski definition) is 1. The average molecular weight is 279 g/mol. The molecular formula is C15H21NO4. The molecule has 2 rings (SSSR count). The first kappa shape index (κ1) is 14.6. The van der Waals surface area contributed by atoms with Crippen LogP contribution in [0.5, 0.6) is 0 Å². The molecule has 0 radical (unpaired) electrons. The van der Waals surface area contributed by atoms with Gasteiger partial charge in [-0.15, -0.1) is 0 Å². The first-order chi connectivity index (χ1) is 9.58. The smallest absolute Gasteiger partial charge is 0.326 e. The number of aryl methyl sites for hydroxylation is 2. The molecule has 0 aliphatic carbocycles. The molecule has 0 saturated carbocycles. The Kier molecular flexibility index (Phi) is 4.47. The third-order valence-electron chi connectivity index (χ3n) is 3.86. The maximum Gasteiger partial charge on any atom is 0.326 e. The summed E-state index contributed by atoms with van der Waals surface area (Å²) in [5.41, 5.74) is 1.03. The highest BCUT2D eigenvalue weighted by molar-refractivity contribution is 5.94. The number of amides is 1. The third-order valence-corrected chi connectivity index (χ3v) is 3.86. The molecule has 1 fully saturated rings. The molecule has 1 unspecified atom stereocenters. The van der Waals surface area contributed by atoms with E-state index < -0.39 is 12.0 Å². The van der Waals surface area contributed by atoms with Gasteiger partial charge in [0.05, 0.1) is 0 Å². The maximum atomic E-state index is 12.5. The predicted molar refractivity (Wildman–Crippen MR) is 73.8 cm³/mol. The summed E-state index contributed by atoms with van der Waals surface area (Å²) >= 11 is 0. The van der Waals surface area contributed by atoms with E-state index in [-0.39, 0.29) is 11.7 Å². The van der Waals surface area contributed by atoms with Crippen LogP contribution in [0.2, 0.25) is 0 Å². The van der Waals surface area contributed by atoms with E-state index >= 15 is 0 Å². The van der Waals surface area contributed by atoms with Gasteiger partial charge in [0, 0.05) is 13.0 Å². The molecule has 1 amide bonds. The number of aliphatic carboxylic acids is 1. The Morgan fingerprint density at radius 3 is 2.65 bits per heavy atom. The van der Waals surface area contributed by atoms with E-state index in [1.54, 1.807) is 6.07 Å². The summed E-state index contributed by atoms with van der Waals surface area (Å²) < 4.78 is 5.61. The van der Waals surface area contributed by atoms with Gasteiger partial charge in [-0.05, 0) is 37.3 Å². The standard InChI is InChI=1S/C15H21NO4/c1-3-10-9-13(20-12(10)4-2)14(17)16-8-6-5-7-11(16)15(18)19/h9,11H,3-8H2,1-2H3,(H,18,19). The number of furan rings is 1. The van der Waals surface area contributed by atoms with Crippen LogP contribution < -0.4 is 0 Å². The fourth-order valence-corrected chi connectivity index (χ4v) is 2.74. The lowest BCUT2D eigenvalue weighted by Gasteiger charge is -2.32. The minimum atomic E-state index is -0.934. The normalized spacial score (nSPS) is 19.1. The van der Waals surface area contributed by atoms with Crippen molar-refractivity contribution in [1.82, 2.24) is 4.90 Å². The van der Waals surface area contributed by atoms with Gasteiger partial charge >= 0.3 is 5.97 Å². The number of carboxylic acids is 1. The van der Waals surface area contributed by atoms with Crippen molar-refractivity contribution >= 4 is 11.9 Å². The number of nitrogens with zero attached hydrogens (tertiary/aromatic N) is 1. The fourth-order valence-electron chi connectivity index (χ4n) is 2.74. The third kappa shape index (κ3) is 2.71. The van der Waals surface area contributed by atoms with Gasteiger partial charge in [-0.3, -0.25) is 4.79 Å². The van der Waals surface area contributed by atoms with Crippen molar-refractivity contribution in [3.05, 3.63) is 23.2 Å². The SMILES string of the molecule is CCc1cc(C(=O)N2CCCCC2C(=O)O)oc1CC. The molecule has 1 aliphatic rings. The van der Waals surface area contributed by atoms with Crippen molar-refractivity contribution in [2.75, 3.05) is 6.54 Å². The molecule has 5 nitrogen and oxygen atoms in total. The second-order valence-corrected chi connectivity index (χ2v) is 5.11. The van der Waals surface area contributed by atoms with Crippen LogP contribution in [0.3, 0.4) is 0 Å². The molecule has 0 bridgehead atoms. The number of hydrogen-bond acceptors (Lipinski definition) is 3. The predicted octanol–water partition coefficient (Wildman–Crippen LogP) is 2.48. The van der Waals surface area contributed by atoms with Crippen LogP contribution in [0.25, 0.3) is 0 Å². The molecule has 1 aromatic heterocycles. The van der Waals surface area contributed by atoms with Gasteiger partial charge in [0.1, 0.15) is 11.8 Å². The molecule has 110 valence electrons. The highest BCUT2D eigenvalue weighted by atomic mass is 16.4. The summed E-state index contributed by atoms with van der Waals surface area (Å²) in [5, 5.41) is 9.23. The Morgan fingerprint density at radius 1 is 1.35 bits per heavy atom. The fraction of sp³-hybridized carbons (Fsp3) is 0.600. The Bertz CT molecular complexity index is 484. The van der Waals surface area contributed by atoms with Gasteiger partial charge in [-0.1, -0.05) is 13.8 Å². The monoisotopic (exact) mass is 279 g/mol. The number of piperidine rings is 1. The average Bonchev–Trinajstić information content (AvgIpc) is 2.89. The highest BCUT2D eigenvalue weighted by Crippen LogP contribution is 2.23. The van der Waals surface area contributed by atoms with Crippen LogP contribution in [-0.2, 0) is 17.6 Å². The molecule has 2 heterocycles. The molecule has 1 saturated heterocycles. The number of likely N-dealkylation sites (tertiary alicyclic amines) is 1. The minimum absolute atomic E-state index is 0.270. The highest BCUT2D eigenvalue weighted by Gasteiger charge is 2.34. The molecule has 5 heteroatoms. The first-order valence-corrected chi connectivity index (χ1v) is 7.23. The van der Waals surface area contributed by atoms with Gasteiger partial charge < -0.3 is 14.4 Å². The molecular weight excluding hydrogens is 258 g/mol. The molecule has 20 heavy (non-hydrogen) atoms. The molecule has 0 spiro atoms. The topological polar surface area (TPSA) is 70.8 Å². The van der Waals surface area contributed by atoms with Crippen molar-refractivity contribution in [2.24, 2.45) is 0 Å². The number of carbonyl (C=O) groups is 2. The number of rotatable bonds is 4. The largest absolute Gasteiger partial charge is 0.480 e.